The third-order valence-electron chi connectivity index (χ3n) is 3.32. The zero-order valence-corrected chi connectivity index (χ0v) is 11.1. The molecule has 2 heterocycles. The van der Waals surface area contributed by atoms with Crippen molar-refractivity contribution in [2.45, 2.75) is 0 Å². The lowest BCUT2D eigenvalue weighted by molar-refractivity contribution is 0.0686. The zero-order valence-electron chi connectivity index (χ0n) is 11.1. The summed E-state index contributed by atoms with van der Waals surface area (Å²) < 4.78 is 12.7. The Hall–Kier alpha value is -2.69. The minimum absolute atomic E-state index is 0.215. The van der Waals surface area contributed by atoms with Gasteiger partial charge in [0.2, 0.25) is 0 Å². The molecule has 1 aromatic carbocycles. The van der Waals surface area contributed by atoms with Crippen molar-refractivity contribution < 1.29 is 19.1 Å². The summed E-state index contributed by atoms with van der Waals surface area (Å²) in [5.74, 6) is 0.299. The van der Waals surface area contributed by atoms with Crippen LogP contribution in [0.4, 0.5) is 0 Å². The highest BCUT2D eigenvalue weighted by Gasteiger charge is 2.16. The molecule has 0 atom stereocenters. The third kappa shape index (κ3) is 1.75. The van der Waals surface area contributed by atoms with E-state index in [2.05, 4.69) is 0 Å². The molecule has 3 rings (SSSR count). The SMILES string of the molecule is COc1cccc2cc(-c3ccc(C(=O)O)n3C)oc12. The number of carbonyl (C=O) groups is 1. The first-order chi connectivity index (χ1) is 9.61. The third-order valence-corrected chi connectivity index (χ3v) is 3.32. The Morgan fingerprint density at radius 3 is 2.75 bits per heavy atom. The molecule has 0 unspecified atom stereocenters. The summed E-state index contributed by atoms with van der Waals surface area (Å²) in [6.07, 6.45) is 0. The standard InChI is InChI=1S/C15H13NO4/c1-16-10(6-7-11(16)15(17)18)13-8-9-4-3-5-12(19-2)14(9)20-13/h3-8H,1-2H3,(H,17,18). The first kappa shape index (κ1) is 12.3. The molecule has 1 N–H and O–H groups in total. The van der Waals surface area contributed by atoms with E-state index >= 15 is 0 Å². The van der Waals surface area contributed by atoms with Crippen LogP contribution < -0.4 is 4.74 Å². The van der Waals surface area contributed by atoms with Crippen LogP contribution in [0.5, 0.6) is 5.75 Å². The number of ether oxygens (including phenoxy) is 1. The fourth-order valence-electron chi connectivity index (χ4n) is 2.30. The van der Waals surface area contributed by atoms with E-state index in [0.29, 0.717) is 22.8 Å². The van der Waals surface area contributed by atoms with E-state index in [1.54, 1.807) is 30.9 Å². The van der Waals surface area contributed by atoms with E-state index in [-0.39, 0.29) is 5.69 Å². The number of methoxy groups -OCH3 is 1. The predicted molar refractivity (Wildman–Crippen MR) is 74.1 cm³/mol. The molecule has 0 bridgehead atoms. The normalized spacial score (nSPS) is 10.9. The molecule has 20 heavy (non-hydrogen) atoms. The Bertz CT molecular complexity index is 797. The highest BCUT2D eigenvalue weighted by molar-refractivity contribution is 5.89. The van der Waals surface area contributed by atoms with E-state index < -0.39 is 5.97 Å². The maximum atomic E-state index is 11.1. The maximum absolute atomic E-state index is 11.1. The average Bonchev–Trinajstić information content (AvgIpc) is 3.00. The predicted octanol–water partition coefficient (Wildman–Crippen LogP) is 3.15. The molecule has 0 fully saturated rings. The summed E-state index contributed by atoms with van der Waals surface area (Å²) in [5, 5.41) is 9.99. The molecule has 0 saturated heterocycles. The lowest BCUT2D eigenvalue weighted by atomic mass is 10.2. The van der Waals surface area contributed by atoms with Crippen LogP contribution in [0.15, 0.2) is 40.8 Å². The molecule has 0 aliphatic rings. The lowest BCUT2D eigenvalue weighted by Crippen LogP contribution is -2.04. The number of rotatable bonds is 3. The Kier molecular flexibility index (Phi) is 2.75. The summed E-state index contributed by atoms with van der Waals surface area (Å²) in [6, 6.07) is 10.8. The highest BCUT2D eigenvalue weighted by Crippen LogP contribution is 2.33. The van der Waals surface area contributed by atoms with Crippen LogP contribution in [-0.4, -0.2) is 22.8 Å². The second-order valence-corrected chi connectivity index (χ2v) is 4.46. The first-order valence-corrected chi connectivity index (χ1v) is 6.07. The van der Waals surface area contributed by atoms with E-state index in [0.717, 1.165) is 5.39 Å². The Morgan fingerprint density at radius 1 is 1.30 bits per heavy atom. The molecule has 0 saturated carbocycles. The smallest absolute Gasteiger partial charge is 0.352 e. The van der Waals surface area contributed by atoms with Gasteiger partial charge in [-0.25, -0.2) is 4.79 Å². The number of carboxylic acid groups (broad SMARTS) is 1. The number of furan rings is 1. The molecule has 0 aliphatic heterocycles. The summed E-state index contributed by atoms with van der Waals surface area (Å²) in [4.78, 5) is 11.1. The van der Waals surface area contributed by atoms with Crippen LogP contribution in [0, 0.1) is 0 Å². The quantitative estimate of drug-likeness (QED) is 0.794. The van der Waals surface area contributed by atoms with Crippen LogP contribution in [0.1, 0.15) is 10.5 Å². The summed E-state index contributed by atoms with van der Waals surface area (Å²) in [6.45, 7) is 0. The van der Waals surface area contributed by atoms with Gasteiger partial charge in [-0.2, -0.15) is 0 Å². The van der Waals surface area contributed by atoms with Crippen LogP contribution >= 0.6 is 0 Å². The molecule has 0 aliphatic carbocycles. The van der Waals surface area contributed by atoms with E-state index in [4.69, 9.17) is 14.3 Å². The number of aromatic nitrogens is 1. The molecule has 0 spiro atoms. The Labute approximate surface area is 115 Å². The van der Waals surface area contributed by atoms with Gasteiger partial charge in [-0.1, -0.05) is 12.1 Å². The van der Waals surface area contributed by atoms with Crippen molar-refractivity contribution in [2.24, 2.45) is 7.05 Å². The lowest BCUT2D eigenvalue weighted by Gasteiger charge is -2.02. The van der Waals surface area contributed by atoms with Crippen molar-refractivity contribution in [3.05, 3.63) is 42.1 Å². The second kappa shape index (κ2) is 4.45. The maximum Gasteiger partial charge on any atom is 0.352 e. The highest BCUT2D eigenvalue weighted by atomic mass is 16.5. The van der Waals surface area contributed by atoms with Crippen LogP contribution in [0.2, 0.25) is 0 Å². The molecule has 0 amide bonds. The molecular weight excluding hydrogens is 258 g/mol. The monoisotopic (exact) mass is 271 g/mol. The molecule has 3 aromatic rings. The molecule has 2 aromatic heterocycles. The molecule has 102 valence electrons. The van der Waals surface area contributed by atoms with Crippen LogP contribution in [0.25, 0.3) is 22.4 Å². The zero-order chi connectivity index (χ0) is 14.3. The number of nitrogens with zero attached hydrogens (tertiary/aromatic N) is 1. The first-order valence-electron chi connectivity index (χ1n) is 6.07. The number of para-hydroxylation sites is 1. The number of fused-ring (bicyclic) bond motifs is 1. The van der Waals surface area contributed by atoms with E-state index in [1.165, 1.54) is 0 Å². The van der Waals surface area contributed by atoms with Gasteiger partial charge in [-0.3, -0.25) is 0 Å². The van der Waals surface area contributed by atoms with Crippen LogP contribution in [-0.2, 0) is 7.05 Å². The molecular formula is C15H13NO4. The number of aromatic carboxylic acids is 1. The van der Waals surface area contributed by atoms with E-state index in [9.17, 15) is 4.79 Å². The van der Waals surface area contributed by atoms with Crippen molar-refractivity contribution in [3.8, 4) is 17.2 Å². The Morgan fingerprint density at radius 2 is 2.10 bits per heavy atom. The van der Waals surface area contributed by atoms with Gasteiger partial charge in [-0.05, 0) is 24.3 Å². The molecule has 5 heteroatoms. The van der Waals surface area contributed by atoms with Crippen molar-refractivity contribution in [1.82, 2.24) is 4.57 Å². The number of benzene rings is 1. The second-order valence-electron chi connectivity index (χ2n) is 4.46. The van der Waals surface area contributed by atoms with Gasteiger partial charge in [0.05, 0.1) is 12.8 Å². The van der Waals surface area contributed by atoms with Gasteiger partial charge >= 0.3 is 5.97 Å². The number of hydrogen-bond acceptors (Lipinski definition) is 3. The van der Waals surface area contributed by atoms with E-state index in [1.807, 2.05) is 24.3 Å². The average molecular weight is 271 g/mol. The molecule has 0 radical (unpaired) electrons. The summed E-state index contributed by atoms with van der Waals surface area (Å²) in [5.41, 5.74) is 1.58. The topological polar surface area (TPSA) is 64.6 Å². The van der Waals surface area contributed by atoms with Gasteiger partial charge in [-0.15, -0.1) is 0 Å². The number of carboxylic acids is 1. The van der Waals surface area contributed by atoms with Gasteiger partial charge in [0.15, 0.2) is 17.1 Å². The summed E-state index contributed by atoms with van der Waals surface area (Å²) in [7, 11) is 3.28. The van der Waals surface area contributed by atoms with Crippen molar-refractivity contribution in [3.63, 3.8) is 0 Å². The van der Waals surface area contributed by atoms with Crippen molar-refractivity contribution >= 4 is 16.9 Å². The minimum Gasteiger partial charge on any atom is -0.493 e. The van der Waals surface area contributed by atoms with Gasteiger partial charge in [0.25, 0.3) is 0 Å². The van der Waals surface area contributed by atoms with Gasteiger partial charge < -0.3 is 18.8 Å². The molecule has 5 nitrogen and oxygen atoms in total. The fourth-order valence-corrected chi connectivity index (χ4v) is 2.30. The van der Waals surface area contributed by atoms with Crippen LogP contribution in [0.3, 0.4) is 0 Å². The van der Waals surface area contributed by atoms with Gasteiger partial charge in [0.1, 0.15) is 5.69 Å². The van der Waals surface area contributed by atoms with Crippen molar-refractivity contribution in [2.75, 3.05) is 7.11 Å². The minimum atomic E-state index is -0.965. The van der Waals surface area contributed by atoms with Gasteiger partial charge in [0, 0.05) is 12.4 Å². The van der Waals surface area contributed by atoms with Crippen molar-refractivity contribution in [1.29, 1.82) is 0 Å². The number of hydrogen-bond donors (Lipinski definition) is 1. The largest absolute Gasteiger partial charge is 0.493 e. The fraction of sp³-hybridized carbons (Fsp3) is 0.133. The Balaban J connectivity index is 2.18. The summed E-state index contributed by atoms with van der Waals surface area (Å²) >= 11 is 0.